The van der Waals surface area contributed by atoms with Crippen LogP contribution in [-0.2, 0) is 4.74 Å². The second-order valence-electron chi connectivity index (χ2n) is 9.25. The summed E-state index contributed by atoms with van der Waals surface area (Å²) in [4.78, 5) is 50.0. The van der Waals surface area contributed by atoms with Crippen molar-refractivity contribution in [2.24, 2.45) is 17.8 Å². The van der Waals surface area contributed by atoms with Crippen LogP contribution in [0.2, 0.25) is 0 Å². The number of non-ortho nitro benzene ring substituents is 1. The topological polar surface area (TPSA) is 107 Å². The summed E-state index contributed by atoms with van der Waals surface area (Å²) < 4.78 is 5.88. The molecule has 0 spiro atoms. The first kappa shape index (κ1) is 22.6. The van der Waals surface area contributed by atoms with E-state index in [0.29, 0.717) is 17.8 Å². The van der Waals surface area contributed by atoms with Crippen LogP contribution in [0.3, 0.4) is 0 Å². The van der Waals surface area contributed by atoms with E-state index in [0.717, 1.165) is 24.2 Å². The number of amides is 2. The first-order valence-electron chi connectivity index (χ1n) is 11.2. The number of rotatable bonds is 5. The van der Waals surface area contributed by atoms with Gasteiger partial charge in [-0.1, -0.05) is 27.2 Å². The van der Waals surface area contributed by atoms with E-state index in [1.54, 1.807) is 0 Å². The molecule has 33 heavy (non-hydrogen) atoms. The quantitative estimate of drug-likeness (QED) is 0.274. The number of ether oxygens (including phenoxy) is 1. The van der Waals surface area contributed by atoms with Gasteiger partial charge in [-0.2, -0.15) is 0 Å². The highest BCUT2D eigenvalue weighted by atomic mass is 16.6. The molecule has 2 aromatic rings. The largest absolute Gasteiger partial charge is 0.458 e. The highest BCUT2D eigenvalue weighted by molar-refractivity contribution is 6.34. The highest BCUT2D eigenvalue weighted by Crippen LogP contribution is 2.36. The molecule has 0 saturated heterocycles. The first-order valence-corrected chi connectivity index (χ1v) is 11.2. The fourth-order valence-electron chi connectivity index (χ4n) is 4.78. The molecule has 0 unspecified atom stereocenters. The molecule has 0 bridgehead atoms. The normalized spacial score (nSPS) is 22.4. The van der Waals surface area contributed by atoms with Gasteiger partial charge in [-0.25, -0.2) is 9.69 Å². The summed E-state index contributed by atoms with van der Waals surface area (Å²) in [5.41, 5.74) is 0.608. The maximum Gasteiger partial charge on any atom is 0.338 e. The average molecular weight is 450 g/mol. The zero-order valence-electron chi connectivity index (χ0n) is 18.8. The fraction of sp³-hybridized carbons (Fsp3) is 0.400. The van der Waals surface area contributed by atoms with Crippen LogP contribution in [0, 0.1) is 27.9 Å². The molecule has 0 N–H and O–H groups in total. The van der Waals surface area contributed by atoms with E-state index >= 15 is 0 Å². The summed E-state index contributed by atoms with van der Waals surface area (Å²) in [6.45, 7) is 6.42. The molecule has 1 fully saturated rings. The number of carbonyl (C=O) groups excluding carboxylic acids is 3. The average Bonchev–Trinajstić information content (AvgIpc) is 3.03. The van der Waals surface area contributed by atoms with Crippen LogP contribution >= 0.6 is 0 Å². The molecule has 8 heteroatoms. The van der Waals surface area contributed by atoms with Gasteiger partial charge < -0.3 is 4.74 Å². The monoisotopic (exact) mass is 450 g/mol. The number of nitro groups is 1. The Morgan fingerprint density at radius 1 is 1.06 bits per heavy atom. The van der Waals surface area contributed by atoms with Gasteiger partial charge in [0.2, 0.25) is 0 Å². The van der Waals surface area contributed by atoms with E-state index < -0.39 is 22.7 Å². The van der Waals surface area contributed by atoms with Crippen LogP contribution in [0.15, 0.2) is 42.5 Å². The van der Waals surface area contributed by atoms with E-state index in [9.17, 15) is 24.5 Å². The zero-order chi connectivity index (χ0) is 23.9. The first-order chi connectivity index (χ1) is 15.7. The Bertz CT molecular complexity index is 1120. The molecule has 1 aliphatic heterocycles. The molecule has 4 rings (SSSR count). The molecular weight excluding hydrogens is 424 g/mol. The standard InChI is InChI=1S/C25H26N2O6/c1-14(2)19-10-4-15(3)12-22(19)33-25(30)16-5-11-20-21(13-16)24(29)26(23(20)28)17-6-8-18(9-7-17)27(31)32/h5-9,11,13-15,19,22H,4,10,12H2,1-3H3/t15-,19-,22-/m1/s1. The minimum atomic E-state index is -0.579. The number of hydrogen-bond donors (Lipinski definition) is 0. The van der Waals surface area contributed by atoms with Crippen molar-refractivity contribution in [2.75, 3.05) is 4.90 Å². The lowest BCUT2D eigenvalue weighted by Crippen LogP contribution is -2.35. The van der Waals surface area contributed by atoms with Gasteiger partial charge in [0.15, 0.2) is 0 Å². The van der Waals surface area contributed by atoms with E-state index in [1.807, 2.05) is 0 Å². The fourth-order valence-corrected chi connectivity index (χ4v) is 4.78. The third-order valence-corrected chi connectivity index (χ3v) is 6.66. The molecule has 0 radical (unpaired) electrons. The molecule has 1 heterocycles. The van der Waals surface area contributed by atoms with Gasteiger partial charge in [-0.15, -0.1) is 0 Å². The smallest absolute Gasteiger partial charge is 0.338 e. The number of anilines is 1. The molecule has 172 valence electrons. The SMILES string of the molecule is CC(C)[C@H]1CC[C@@H](C)C[C@H]1OC(=O)c1ccc2c(c1)C(=O)N(c1ccc([N+](=O)[O-])cc1)C2=O. The van der Waals surface area contributed by atoms with Gasteiger partial charge in [0.05, 0.1) is 27.3 Å². The Balaban J connectivity index is 1.56. The molecule has 1 aliphatic carbocycles. The van der Waals surface area contributed by atoms with Crippen molar-refractivity contribution in [1.29, 1.82) is 0 Å². The molecule has 1 saturated carbocycles. The van der Waals surface area contributed by atoms with E-state index in [2.05, 4.69) is 20.8 Å². The Morgan fingerprint density at radius 3 is 2.36 bits per heavy atom. The van der Waals surface area contributed by atoms with Gasteiger partial charge in [0.25, 0.3) is 17.5 Å². The number of imide groups is 1. The minimum absolute atomic E-state index is 0.116. The third-order valence-electron chi connectivity index (χ3n) is 6.66. The highest BCUT2D eigenvalue weighted by Gasteiger charge is 2.38. The van der Waals surface area contributed by atoms with E-state index in [4.69, 9.17) is 4.74 Å². The summed E-state index contributed by atoms with van der Waals surface area (Å²) in [6, 6.07) is 9.54. The lowest BCUT2D eigenvalue weighted by atomic mass is 9.75. The Morgan fingerprint density at radius 2 is 1.73 bits per heavy atom. The van der Waals surface area contributed by atoms with E-state index in [-0.39, 0.29) is 34.2 Å². The number of benzene rings is 2. The number of hydrogen-bond acceptors (Lipinski definition) is 6. The van der Waals surface area contributed by atoms with Crippen LogP contribution < -0.4 is 4.90 Å². The minimum Gasteiger partial charge on any atom is -0.458 e. The second-order valence-corrected chi connectivity index (χ2v) is 9.25. The maximum atomic E-state index is 13.0. The summed E-state index contributed by atoms with van der Waals surface area (Å²) in [6.07, 6.45) is 2.76. The van der Waals surface area contributed by atoms with Gasteiger partial charge in [-0.3, -0.25) is 19.7 Å². The summed E-state index contributed by atoms with van der Waals surface area (Å²) in [7, 11) is 0. The molecule has 3 atom stereocenters. The van der Waals surface area contributed by atoms with Crippen molar-refractivity contribution in [2.45, 2.75) is 46.1 Å². The predicted molar refractivity (Wildman–Crippen MR) is 121 cm³/mol. The van der Waals surface area contributed by atoms with Crippen molar-refractivity contribution in [3.63, 3.8) is 0 Å². The lowest BCUT2D eigenvalue weighted by molar-refractivity contribution is -0.384. The summed E-state index contributed by atoms with van der Waals surface area (Å²) in [5.74, 6) is -0.455. The number of esters is 1. The number of nitro benzene ring substituents is 1. The van der Waals surface area contributed by atoms with E-state index in [1.165, 1.54) is 42.5 Å². The summed E-state index contributed by atoms with van der Waals surface area (Å²) in [5, 5.41) is 10.9. The van der Waals surface area contributed by atoms with Gasteiger partial charge >= 0.3 is 5.97 Å². The lowest BCUT2D eigenvalue weighted by Gasteiger charge is -2.36. The Labute approximate surface area is 191 Å². The van der Waals surface area contributed by atoms with Crippen molar-refractivity contribution in [3.05, 3.63) is 69.3 Å². The van der Waals surface area contributed by atoms with Crippen LogP contribution in [-0.4, -0.2) is 28.8 Å². The van der Waals surface area contributed by atoms with Crippen LogP contribution in [0.1, 0.15) is 71.1 Å². The zero-order valence-corrected chi connectivity index (χ0v) is 18.8. The van der Waals surface area contributed by atoms with Crippen LogP contribution in [0.5, 0.6) is 0 Å². The van der Waals surface area contributed by atoms with Crippen LogP contribution in [0.4, 0.5) is 11.4 Å². The second kappa shape index (κ2) is 8.77. The summed E-state index contributed by atoms with van der Waals surface area (Å²) >= 11 is 0. The Kier molecular flexibility index (Phi) is 6.01. The molecule has 0 aromatic heterocycles. The molecule has 2 aliphatic rings. The predicted octanol–water partition coefficient (Wildman–Crippen LogP) is 5.01. The van der Waals surface area contributed by atoms with Gasteiger partial charge in [0.1, 0.15) is 6.10 Å². The molecular formula is C25H26N2O6. The molecule has 2 aromatic carbocycles. The molecule has 2 amide bonds. The van der Waals surface area contributed by atoms with Gasteiger partial charge in [0, 0.05) is 12.1 Å². The van der Waals surface area contributed by atoms with Crippen molar-refractivity contribution in [1.82, 2.24) is 0 Å². The number of carbonyl (C=O) groups is 3. The van der Waals surface area contributed by atoms with Crippen molar-refractivity contribution >= 4 is 29.2 Å². The van der Waals surface area contributed by atoms with Crippen LogP contribution in [0.25, 0.3) is 0 Å². The van der Waals surface area contributed by atoms with Gasteiger partial charge in [-0.05, 0) is 60.9 Å². The Hall–Kier alpha value is -3.55. The maximum absolute atomic E-state index is 13.0. The number of nitrogens with zero attached hydrogens (tertiary/aromatic N) is 2. The molecule has 8 nitrogen and oxygen atoms in total. The van der Waals surface area contributed by atoms with Crippen molar-refractivity contribution in [3.8, 4) is 0 Å². The van der Waals surface area contributed by atoms with Crippen molar-refractivity contribution < 1.29 is 24.0 Å². The number of fused-ring (bicyclic) bond motifs is 1. The third kappa shape index (κ3) is 4.25.